The second-order valence-electron chi connectivity index (χ2n) is 5.75. The number of rotatable bonds is 6. The molecule has 0 radical (unpaired) electrons. The zero-order valence-corrected chi connectivity index (χ0v) is 16.0. The molecule has 0 aliphatic rings. The zero-order valence-electron chi connectivity index (χ0n) is 15.2. The summed E-state index contributed by atoms with van der Waals surface area (Å²) in [5.74, 6) is 1.23. The lowest BCUT2D eigenvalue weighted by Crippen LogP contribution is -2.32. The molecule has 0 saturated carbocycles. The van der Waals surface area contributed by atoms with Gasteiger partial charge in [0.05, 0.1) is 25.8 Å². The van der Waals surface area contributed by atoms with E-state index in [9.17, 15) is 13.2 Å². The van der Waals surface area contributed by atoms with E-state index in [1.165, 1.54) is 12.1 Å². The number of halogens is 3. The fourth-order valence-corrected chi connectivity index (χ4v) is 2.82. The van der Waals surface area contributed by atoms with E-state index in [4.69, 9.17) is 21.7 Å². The number of benzene rings is 2. The van der Waals surface area contributed by atoms with Gasteiger partial charge < -0.3 is 20.1 Å². The Morgan fingerprint density at radius 1 is 1.04 bits per heavy atom. The maximum atomic E-state index is 12.6. The number of hydrogen-bond acceptors (Lipinski definition) is 3. The van der Waals surface area contributed by atoms with Gasteiger partial charge in [0.2, 0.25) is 0 Å². The van der Waals surface area contributed by atoms with E-state index in [-0.39, 0.29) is 6.04 Å². The van der Waals surface area contributed by atoms with Crippen molar-refractivity contribution in [1.82, 2.24) is 5.32 Å². The molecule has 2 rings (SSSR count). The summed E-state index contributed by atoms with van der Waals surface area (Å²) in [4.78, 5) is 0. The zero-order chi connectivity index (χ0) is 20.0. The minimum atomic E-state index is -4.36. The minimum absolute atomic E-state index is 0.0979. The monoisotopic (exact) mass is 398 g/mol. The summed E-state index contributed by atoms with van der Waals surface area (Å²) < 4.78 is 48.4. The topological polar surface area (TPSA) is 42.5 Å². The smallest absolute Gasteiger partial charge is 0.416 e. The first-order valence-corrected chi connectivity index (χ1v) is 8.66. The molecule has 0 spiro atoms. The molecular weight excluding hydrogens is 377 g/mol. The van der Waals surface area contributed by atoms with Gasteiger partial charge in [-0.15, -0.1) is 0 Å². The first-order valence-electron chi connectivity index (χ1n) is 8.25. The Bertz CT molecular complexity index is 780. The van der Waals surface area contributed by atoms with Gasteiger partial charge in [0.15, 0.2) is 16.6 Å². The second-order valence-corrected chi connectivity index (χ2v) is 6.16. The number of anilines is 1. The average molecular weight is 398 g/mol. The lowest BCUT2D eigenvalue weighted by Gasteiger charge is -2.21. The number of methoxy groups -OCH3 is 2. The van der Waals surface area contributed by atoms with Crippen LogP contribution < -0.4 is 20.1 Å². The van der Waals surface area contributed by atoms with Crippen molar-refractivity contribution in [3.63, 3.8) is 0 Å². The lowest BCUT2D eigenvalue weighted by atomic mass is 10.0. The van der Waals surface area contributed by atoms with Crippen LogP contribution in [0.2, 0.25) is 0 Å². The standard InChI is InChI=1S/C19H21F3N2O2S/c1-4-15(12-5-10-16(25-2)17(11-12)26-3)24-18(27)23-14-8-6-13(7-9-14)19(20,21)22/h5-11,15H,4H2,1-3H3,(H2,23,24,27)/t15-/m0/s1. The maximum Gasteiger partial charge on any atom is 0.416 e. The maximum absolute atomic E-state index is 12.6. The fraction of sp³-hybridized carbons (Fsp3) is 0.316. The van der Waals surface area contributed by atoms with Crippen LogP contribution in [0.5, 0.6) is 11.5 Å². The van der Waals surface area contributed by atoms with Gasteiger partial charge in [-0.25, -0.2) is 0 Å². The Hall–Kier alpha value is -2.48. The molecule has 0 amide bonds. The van der Waals surface area contributed by atoms with Gasteiger partial charge in [0, 0.05) is 5.69 Å². The molecule has 0 saturated heterocycles. The van der Waals surface area contributed by atoms with Gasteiger partial charge in [0.1, 0.15) is 0 Å². The van der Waals surface area contributed by atoms with Crippen LogP contribution in [-0.4, -0.2) is 19.3 Å². The van der Waals surface area contributed by atoms with Crippen molar-refractivity contribution in [2.24, 2.45) is 0 Å². The van der Waals surface area contributed by atoms with E-state index in [2.05, 4.69) is 10.6 Å². The Kier molecular flexibility index (Phi) is 6.90. The first-order chi connectivity index (χ1) is 12.8. The average Bonchev–Trinajstić information content (AvgIpc) is 2.65. The Labute approximate surface area is 161 Å². The SMILES string of the molecule is CC[C@H](NC(=S)Nc1ccc(C(F)(F)F)cc1)c1ccc(OC)c(OC)c1. The molecule has 0 heterocycles. The Morgan fingerprint density at radius 2 is 1.67 bits per heavy atom. The van der Waals surface area contributed by atoms with Gasteiger partial charge in [0.25, 0.3) is 0 Å². The molecule has 8 heteroatoms. The number of nitrogens with one attached hydrogen (secondary N) is 2. The summed E-state index contributed by atoms with van der Waals surface area (Å²) in [6, 6.07) is 10.2. The van der Waals surface area contributed by atoms with Crippen LogP contribution in [0.25, 0.3) is 0 Å². The number of alkyl halides is 3. The minimum Gasteiger partial charge on any atom is -0.493 e. The summed E-state index contributed by atoms with van der Waals surface area (Å²) in [5, 5.41) is 6.39. The molecular formula is C19H21F3N2O2S. The molecule has 27 heavy (non-hydrogen) atoms. The first kappa shape index (κ1) is 20.8. The van der Waals surface area contributed by atoms with E-state index in [1.54, 1.807) is 14.2 Å². The summed E-state index contributed by atoms with van der Waals surface area (Å²) in [6.45, 7) is 2.00. The van der Waals surface area contributed by atoms with Gasteiger partial charge >= 0.3 is 6.18 Å². The molecule has 2 N–H and O–H groups in total. The van der Waals surface area contributed by atoms with Gasteiger partial charge in [-0.3, -0.25) is 0 Å². The highest BCUT2D eigenvalue weighted by molar-refractivity contribution is 7.80. The third-order valence-electron chi connectivity index (χ3n) is 3.99. The Morgan fingerprint density at radius 3 is 2.19 bits per heavy atom. The highest BCUT2D eigenvalue weighted by atomic mass is 32.1. The molecule has 0 bridgehead atoms. The van der Waals surface area contributed by atoms with Crippen molar-refractivity contribution < 1.29 is 22.6 Å². The summed E-state index contributed by atoms with van der Waals surface area (Å²) in [5.41, 5.74) is 0.720. The van der Waals surface area contributed by atoms with Gasteiger partial charge in [-0.1, -0.05) is 13.0 Å². The van der Waals surface area contributed by atoms with Crippen LogP contribution in [0.15, 0.2) is 42.5 Å². The van der Waals surface area contributed by atoms with E-state index in [1.807, 2.05) is 25.1 Å². The molecule has 0 aliphatic carbocycles. The molecule has 0 aliphatic heterocycles. The van der Waals surface area contributed by atoms with E-state index in [0.29, 0.717) is 22.3 Å². The van der Waals surface area contributed by atoms with Crippen LogP contribution in [-0.2, 0) is 6.18 Å². The van der Waals surface area contributed by atoms with Gasteiger partial charge in [-0.2, -0.15) is 13.2 Å². The number of ether oxygens (including phenoxy) is 2. The van der Waals surface area contributed by atoms with Crippen molar-refractivity contribution in [2.45, 2.75) is 25.6 Å². The largest absolute Gasteiger partial charge is 0.493 e. The molecule has 0 fully saturated rings. The molecule has 0 unspecified atom stereocenters. The predicted molar refractivity (Wildman–Crippen MR) is 103 cm³/mol. The van der Waals surface area contributed by atoms with Crippen molar-refractivity contribution in [3.8, 4) is 11.5 Å². The summed E-state index contributed by atoms with van der Waals surface area (Å²) in [7, 11) is 3.13. The number of hydrogen-bond donors (Lipinski definition) is 2. The summed E-state index contributed by atoms with van der Waals surface area (Å²) in [6.07, 6.45) is -3.62. The van der Waals surface area contributed by atoms with Crippen LogP contribution in [0.4, 0.5) is 18.9 Å². The molecule has 0 aromatic heterocycles. The van der Waals surface area contributed by atoms with E-state index >= 15 is 0 Å². The predicted octanol–water partition coefficient (Wildman–Crippen LogP) is 5.16. The second kappa shape index (κ2) is 8.94. The van der Waals surface area contributed by atoms with Crippen molar-refractivity contribution in [2.75, 3.05) is 19.5 Å². The molecule has 4 nitrogen and oxygen atoms in total. The third kappa shape index (κ3) is 5.50. The van der Waals surface area contributed by atoms with E-state index < -0.39 is 11.7 Å². The van der Waals surface area contributed by atoms with Crippen LogP contribution >= 0.6 is 12.2 Å². The molecule has 1 atom stereocenters. The molecule has 2 aromatic carbocycles. The number of thiocarbonyl (C=S) groups is 1. The highest BCUT2D eigenvalue weighted by Gasteiger charge is 2.29. The third-order valence-corrected chi connectivity index (χ3v) is 4.21. The van der Waals surface area contributed by atoms with Crippen molar-refractivity contribution in [3.05, 3.63) is 53.6 Å². The van der Waals surface area contributed by atoms with Gasteiger partial charge in [-0.05, 0) is 60.6 Å². The van der Waals surface area contributed by atoms with Crippen LogP contribution in [0, 0.1) is 0 Å². The van der Waals surface area contributed by atoms with Crippen molar-refractivity contribution >= 4 is 23.0 Å². The van der Waals surface area contributed by atoms with E-state index in [0.717, 1.165) is 24.1 Å². The van der Waals surface area contributed by atoms with Crippen LogP contribution in [0.1, 0.15) is 30.5 Å². The van der Waals surface area contributed by atoms with Crippen LogP contribution in [0.3, 0.4) is 0 Å². The normalized spacial score (nSPS) is 12.2. The summed E-state index contributed by atoms with van der Waals surface area (Å²) >= 11 is 5.29. The molecule has 2 aromatic rings. The molecule has 146 valence electrons. The lowest BCUT2D eigenvalue weighted by molar-refractivity contribution is -0.137. The highest BCUT2D eigenvalue weighted by Crippen LogP contribution is 2.31. The van der Waals surface area contributed by atoms with Crippen molar-refractivity contribution in [1.29, 1.82) is 0 Å². The fourth-order valence-electron chi connectivity index (χ4n) is 2.56. The quantitative estimate of drug-likeness (QED) is 0.658. The Balaban J connectivity index is 2.06.